The van der Waals surface area contributed by atoms with Crippen LogP contribution in [0.15, 0.2) is 18.3 Å². The summed E-state index contributed by atoms with van der Waals surface area (Å²) in [6.07, 6.45) is 3.71. The van der Waals surface area contributed by atoms with Gasteiger partial charge in [-0.15, -0.1) is 12.4 Å². The minimum Gasteiger partial charge on any atom is -0.364 e. The van der Waals surface area contributed by atoms with Gasteiger partial charge in [0.15, 0.2) is 0 Å². The number of aromatic nitrogens is 1. The van der Waals surface area contributed by atoms with Gasteiger partial charge in [-0.3, -0.25) is 9.78 Å². The van der Waals surface area contributed by atoms with Crippen molar-refractivity contribution in [1.82, 2.24) is 10.3 Å². The van der Waals surface area contributed by atoms with Crippen LogP contribution in [0.4, 0.5) is 0 Å². The first-order chi connectivity index (χ1) is 7.29. The number of carbonyl (C=O) groups excluding carboxylic acids is 1. The number of piperidine rings is 1. The Bertz CT molecular complexity index is 364. The molecule has 0 spiro atoms. The van der Waals surface area contributed by atoms with Gasteiger partial charge >= 0.3 is 0 Å². The molecule has 0 saturated carbocycles. The summed E-state index contributed by atoms with van der Waals surface area (Å²) in [5, 5.41) is 3.30. The maximum absolute atomic E-state index is 11.2. The van der Waals surface area contributed by atoms with E-state index in [1.807, 2.05) is 12.1 Å². The number of carbonyl (C=O) groups is 1. The molecule has 0 atom stereocenters. The van der Waals surface area contributed by atoms with Gasteiger partial charge in [0, 0.05) is 6.20 Å². The zero-order chi connectivity index (χ0) is 10.7. The second-order valence-corrected chi connectivity index (χ2v) is 3.83. The van der Waals surface area contributed by atoms with Crippen LogP contribution in [-0.4, -0.2) is 24.0 Å². The number of hydrogen-bond donors (Lipinski definition) is 2. The molecule has 2 rings (SSSR count). The zero-order valence-electron chi connectivity index (χ0n) is 8.98. The fourth-order valence-corrected chi connectivity index (χ4v) is 2.09. The Morgan fingerprint density at radius 1 is 1.44 bits per heavy atom. The Balaban J connectivity index is 0.00000128. The van der Waals surface area contributed by atoms with E-state index in [4.69, 9.17) is 5.73 Å². The van der Waals surface area contributed by atoms with Gasteiger partial charge in [0.05, 0.1) is 0 Å². The van der Waals surface area contributed by atoms with Crippen LogP contribution >= 0.6 is 12.4 Å². The summed E-state index contributed by atoms with van der Waals surface area (Å²) >= 11 is 0. The van der Waals surface area contributed by atoms with Crippen molar-refractivity contribution in [3.8, 4) is 0 Å². The first kappa shape index (κ1) is 12.9. The third kappa shape index (κ3) is 2.71. The van der Waals surface area contributed by atoms with E-state index in [2.05, 4.69) is 10.3 Å². The highest BCUT2D eigenvalue weighted by Gasteiger charge is 2.20. The second-order valence-electron chi connectivity index (χ2n) is 3.83. The van der Waals surface area contributed by atoms with Crippen LogP contribution in [0, 0.1) is 0 Å². The highest BCUT2D eigenvalue weighted by molar-refractivity contribution is 5.92. The number of nitrogens with zero attached hydrogens (tertiary/aromatic N) is 1. The molecule has 0 bridgehead atoms. The minimum absolute atomic E-state index is 0. The van der Waals surface area contributed by atoms with Crippen molar-refractivity contribution in [2.45, 2.75) is 18.8 Å². The van der Waals surface area contributed by atoms with Crippen LogP contribution in [0.2, 0.25) is 0 Å². The lowest BCUT2D eigenvalue weighted by Gasteiger charge is -2.23. The Hall–Kier alpha value is -1.13. The molecule has 0 radical (unpaired) electrons. The normalized spacial score (nSPS) is 16.5. The van der Waals surface area contributed by atoms with Gasteiger partial charge in [0.25, 0.3) is 5.91 Å². The number of nitrogens with one attached hydrogen (secondary N) is 1. The number of hydrogen-bond acceptors (Lipinski definition) is 3. The van der Waals surface area contributed by atoms with Gasteiger partial charge in [-0.25, -0.2) is 0 Å². The van der Waals surface area contributed by atoms with Gasteiger partial charge in [-0.2, -0.15) is 0 Å². The van der Waals surface area contributed by atoms with E-state index in [-0.39, 0.29) is 12.4 Å². The molecule has 0 aromatic carbocycles. The van der Waals surface area contributed by atoms with Crippen LogP contribution in [0.25, 0.3) is 0 Å². The Labute approximate surface area is 101 Å². The predicted octanol–water partition coefficient (Wildman–Crippen LogP) is 1.07. The van der Waals surface area contributed by atoms with Gasteiger partial charge in [-0.05, 0) is 43.5 Å². The van der Waals surface area contributed by atoms with Crippen LogP contribution < -0.4 is 11.1 Å². The number of rotatable bonds is 2. The maximum Gasteiger partial charge on any atom is 0.267 e. The predicted molar refractivity (Wildman–Crippen MR) is 64.8 cm³/mol. The lowest BCUT2D eigenvalue weighted by molar-refractivity contribution is 0.0994. The molecule has 0 aliphatic carbocycles. The van der Waals surface area contributed by atoms with Gasteiger partial charge in [0.2, 0.25) is 0 Å². The van der Waals surface area contributed by atoms with E-state index in [9.17, 15) is 4.79 Å². The van der Waals surface area contributed by atoms with Gasteiger partial charge in [0.1, 0.15) is 5.69 Å². The van der Waals surface area contributed by atoms with Crippen LogP contribution in [0.1, 0.15) is 34.8 Å². The minimum atomic E-state index is -0.427. The third-order valence-electron chi connectivity index (χ3n) is 2.85. The smallest absolute Gasteiger partial charge is 0.267 e. The van der Waals surface area contributed by atoms with Crippen molar-refractivity contribution >= 4 is 18.3 Å². The molecule has 1 fully saturated rings. The molecule has 1 saturated heterocycles. The molecule has 1 amide bonds. The molecule has 2 heterocycles. The van der Waals surface area contributed by atoms with Crippen molar-refractivity contribution < 1.29 is 4.79 Å². The summed E-state index contributed by atoms with van der Waals surface area (Å²) in [4.78, 5) is 15.3. The summed E-state index contributed by atoms with van der Waals surface area (Å²) in [7, 11) is 0. The average Bonchev–Trinajstić information content (AvgIpc) is 2.30. The quantitative estimate of drug-likeness (QED) is 0.814. The number of pyridine rings is 1. The molecule has 1 aromatic heterocycles. The number of halogens is 1. The van der Waals surface area contributed by atoms with E-state index < -0.39 is 5.91 Å². The van der Waals surface area contributed by atoms with Crippen molar-refractivity contribution in [3.63, 3.8) is 0 Å². The molecule has 0 unspecified atom stereocenters. The molecule has 3 N–H and O–H groups in total. The van der Waals surface area contributed by atoms with Gasteiger partial charge < -0.3 is 11.1 Å². The maximum atomic E-state index is 11.2. The summed E-state index contributed by atoms with van der Waals surface area (Å²) in [5.74, 6) is -0.00779. The zero-order valence-corrected chi connectivity index (χ0v) is 9.80. The van der Waals surface area contributed by atoms with E-state index in [0.717, 1.165) is 31.5 Å². The first-order valence-corrected chi connectivity index (χ1v) is 5.24. The molecule has 16 heavy (non-hydrogen) atoms. The highest BCUT2D eigenvalue weighted by Crippen LogP contribution is 2.26. The molecule has 88 valence electrons. The molecule has 4 nitrogen and oxygen atoms in total. The second kappa shape index (κ2) is 5.82. The van der Waals surface area contributed by atoms with Crippen molar-refractivity contribution in [2.24, 2.45) is 5.73 Å². The molecule has 1 aromatic rings. The van der Waals surface area contributed by atoms with Crippen molar-refractivity contribution in [2.75, 3.05) is 13.1 Å². The van der Waals surface area contributed by atoms with Gasteiger partial charge in [-0.1, -0.05) is 6.07 Å². The van der Waals surface area contributed by atoms with Crippen LogP contribution in [0.5, 0.6) is 0 Å². The average molecular weight is 242 g/mol. The number of primary amides is 1. The summed E-state index contributed by atoms with van der Waals surface area (Å²) in [6.45, 7) is 2.00. The monoisotopic (exact) mass is 241 g/mol. The van der Waals surface area contributed by atoms with E-state index in [1.165, 1.54) is 0 Å². The lowest BCUT2D eigenvalue weighted by atomic mass is 9.89. The SMILES string of the molecule is Cl.NC(=O)c1ncccc1C1CCNCC1. The standard InChI is InChI=1S/C11H15N3O.ClH/c12-11(15)10-9(2-1-5-14-10)8-3-6-13-7-4-8;/h1-2,5,8,13H,3-4,6-7H2,(H2,12,15);1H. The van der Waals surface area contributed by atoms with E-state index >= 15 is 0 Å². The largest absolute Gasteiger partial charge is 0.364 e. The van der Waals surface area contributed by atoms with Crippen LogP contribution in [-0.2, 0) is 0 Å². The Morgan fingerprint density at radius 3 is 2.75 bits per heavy atom. The van der Waals surface area contributed by atoms with Crippen LogP contribution in [0.3, 0.4) is 0 Å². The molecule has 1 aliphatic heterocycles. The fourth-order valence-electron chi connectivity index (χ4n) is 2.09. The first-order valence-electron chi connectivity index (χ1n) is 5.24. The number of amides is 1. The van der Waals surface area contributed by atoms with E-state index in [0.29, 0.717) is 11.6 Å². The Kier molecular flexibility index (Phi) is 4.71. The molecular formula is C11H16ClN3O. The topological polar surface area (TPSA) is 68.0 Å². The molecule has 5 heteroatoms. The van der Waals surface area contributed by atoms with Crippen molar-refractivity contribution in [1.29, 1.82) is 0 Å². The highest BCUT2D eigenvalue weighted by atomic mass is 35.5. The summed E-state index contributed by atoms with van der Waals surface area (Å²) in [5.41, 5.74) is 6.74. The van der Waals surface area contributed by atoms with Crippen molar-refractivity contribution in [3.05, 3.63) is 29.6 Å². The number of nitrogens with two attached hydrogens (primary N) is 1. The Morgan fingerprint density at radius 2 is 2.12 bits per heavy atom. The van der Waals surface area contributed by atoms with E-state index in [1.54, 1.807) is 6.20 Å². The summed E-state index contributed by atoms with van der Waals surface area (Å²) in [6, 6.07) is 3.83. The lowest BCUT2D eigenvalue weighted by Crippen LogP contribution is -2.28. The fraction of sp³-hybridized carbons (Fsp3) is 0.455. The summed E-state index contributed by atoms with van der Waals surface area (Å²) < 4.78 is 0. The molecular weight excluding hydrogens is 226 g/mol. The molecule has 1 aliphatic rings. The third-order valence-corrected chi connectivity index (χ3v) is 2.85.